The van der Waals surface area contributed by atoms with Gasteiger partial charge in [-0.15, -0.1) is 0 Å². The van der Waals surface area contributed by atoms with Crippen molar-refractivity contribution in [3.63, 3.8) is 0 Å². The van der Waals surface area contributed by atoms with Crippen LogP contribution >= 0.6 is 0 Å². The third-order valence-electron chi connectivity index (χ3n) is 3.52. The average Bonchev–Trinajstić information content (AvgIpc) is 2.60. The van der Waals surface area contributed by atoms with Crippen molar-refractivity contribution in [3.05, 3.63) is 64.7 Å². The van der Waals surface area contributed by atoms with E-state index in [-0.39, 0.29) is 12.3 Å². The van der Waals surface area contributed by atoms with E-state index < -0.39 is 17.1 Å². The molecule has 0 heterocycles. The van der Waals surface area contributed by atoms with E-state index in [1.54, 1.807) is 12.1 Å². The predicted octanol–water partition coefficient (Wildman–Crippen LogP) is 2.16. The maximum atomic E-state index is 10.7. The number of hydrogen-bond donors (Lipinski definition) is 3. The van der Waals surface area contributed by atoms with Crippen LogP contribution in [0.25, 0.3) is 0 Å². The summed E-state index contributed by atoms with van der Waals surface area (Å²) in [5.74, 6) is 0.679. The van der Waals surface area contributed by atoms with Gasteiger partial charge in [-0.25, -0.2) is 0 Å². The molecular weight excluding hydrogens is 310 g/mol. The number of anilines is 1. The molecule has 0 aliphatic carbocycles. The molecule has 0 aromatic heterocycles. The molecule has 0 saturated carbocycles. The standard InChI is InChI=1S/C17H21N3O4/c18-16(17(21)12-24-15-7-2-1-3-8-15)9-10-19-13-5-4-6-14(11-13)20(22)23/h1-8,11,16-17,19,21H,9-10,12,18H2. The van der Waals surface area contributed by atoms with E-state index in [0.717, 1.165) is 0 Å². The fourth-order valence-corrected chi connectivity index (χ4v) is 2.13. The summed E-state index contributed by atoms with van der Waals surface area (Å²) in [4.78, 5) is 10.3. The summed E-state index contributed by atoms with van der Waals surface area (Å²) >= 11 is 0. The van der Waals surface area contributed by atoms with Gasteiger partial charge in [-0.05, 0) is 24.6 Å². The van der Waals surface area contributed by atoms with Crippen LogP contribution < -0.4 is 15.8 Å². The zero-order chi connectivity index (χ0) is 17.4. The molecule has 0 radical (unpaired) electrons. The number of nitro groups is 1. The van der Waals surface area contributed by atoms with Crippen LogP contribution in [-0.4, -0.2) is 35.3 Å². The van der Waals surface area contributed by atoms with Crippen LogP contribution in [0.5, 0.6) is 5.75 Å². The number of para-hydroxylation sites is 1. The Morgan fingerprint density at radius 3 is 2.67 bits per heavy atom. The van der Waals surface area contributed by atoms with Crippen molar-refractivity contribution in [1.82, 2.24) is 0 Å². The van der Waals surface area contributed by atoms with E-state index in [4.69, 9.17) is 10.5 Å². The lowest BCUT2D eigenvalue weighted by molar-refractivity contribution is -0.384. The SMILES string of the molecule is NC(CCNc1cccc([N+](=O)[O-])c1)C(O)COc1ccccc1. The molecule has 7 heteroatoms. The van der Waals surface area contributed by atoms with Crippen LogP contribution in [0.1, 0.15) is 6.42 Å². The number of nitro benzene ring substituents is 1. The lowest BCUT2D eigenvalue weighted by Crippen LogP contribution is -2.40. The van der Waals surface area contributed by atoms with Gasteiger partial charge in [0.05, 0.1) is 4.92 Å². The molecule has 0 amide bonds. The van der Waals surface area contributed by atoms with Crippen molar-refractivity contribution < 1.29 is 14.8 Å². The normalized spacial score (nSPS) is 13.1. The molecule has 2 aromatic rings. The fourth-order valence-electron chi connectivity index (χ4n) is 2.13. The topological polar surface area (TPSA) is 111 Å². The average molecular weight is 331 g/mol. The van der Waals surface area contributed by atoms with Crippen LogP contribution in [0, 0.1) is 10.1 Å². The molecule has 0 bridgehead atoms. The number of hydrogen-bond acceptors (Lipinski definition) is 6. The van der Waals surface area contributed by atoms with E-state index in [2.05, 4.69) is 5.32 Å². The minimum absolute atomic E-state index is 0.0283. The van der Waals surface area contributed by atoms with Gasteiger partial charge in [-0.1, -0.05) is 24.3 Å². The summed E-state index contributed by atoms with van der Waals surface area (Å²) in [7, 11) is 0. The van der Waals surface area contributed by atoms with E-state index in [1.807, 2.05) is 30.3 Å². The zero-order valence-electron chi connectivity index (χ0n) is 13.2. The molecule has 0 fully saturated rings. The Kier molecular flexibility index (Phi) is 6.53. The third-order valence-corrected chi connectivity index (χ3v) is 3.52. The van der Waals surface area contributed by atoms with E-state index in [0.29, 0.717) is 24.4 Å². The Labute approximate surface area is 140 Å². The fraction of sp³-hybridized carbons (Fsp3) is 0.294. The van der Waals surface area contributed by atoms with Gasteiger partial charge in [-0.3, -0.25) is 10.1 Å². The first kappa shape index (κ1) is 17.7. The molecule has 24 heavy (non-hydrogen) atoms. The molecule has 7 nitrogen and oxygen atoms in total. The van der Waals surface area contributed by atoms with Crippen molar-refractivity contribution in [1.29, 1.82) is 0 Å². The van der Waals surface area contributed by atoms with Crippen LogP contribution in [-0.2, 0) is 0 Å². The first-order chi connectivity index (χ1) is 11.6. The van der Waals surface area contributed by atoms with Gasteiger partial charge in [0.15, 0.2) is 0 Å². The van der Waals surface area contributed by atoms with Crippen LogP contribution in [0.15, 0.2) is 54.6 Å². The summed E-state index contributed by atoms with van der Waals surface area (Å²) in [5, 5.41) is 23.8. The highest BCUT2D eigenvalue weighted by atomic mass is 16.6. The molecule has 0 saturated heterocycles. The van der Waals surface area contributed by atoms with Crippen LogP contribution in [0.2, 0.25) is 0 Å². The molecule has 2 aromatic carbocycles. The van der Waals surface area contributed by atoms with E-state index in [9.17, 15) is 15.2 Å². The molecule has 128 valence electrons. The first-order valence-corrected chi connectivity index (χ1v) is 7.66. The molecule has 2 unspecified atom stereocenters. The highest BCUT2D eigenvalue weighted by molar-refractivity contribution is 5.50. The quantitative estimate of drug-likeness (QED) is 0.480. The van der Waals surface area contributed by atoms with Gasteiger partial charge in [0.1, 0.15) is 18.5 Å². The van der Waals surface area contributed by atoms with Gasteiger partial charge in [0.25, 0.3) is 5.69 Å². The lowest BCUT2D eigenvalue weighted by atomic mass is 10.1. The number of ether oxygens (including phenoxy) is 1. The minimum atomic E-state index is -0.794. The highest BCUT2D eigenvalue weighted by Gasteiger charge is 2.15. The summed E-state index contributed by atoms with van der Waals surface area (Å²) in [5.41, 5.74) is 6.62. The van der Waals surface area contributed by atoms with Gasteiger partial charge in [0.2, 0.25) is 0 Å². The smallest absolute Gasteiger partial charge is 0.271 e. The highest BCUT2D eigenvalue weighted by Crippen LogP contribution is 2.17. The van der Waals surface area contributed by atoms with E-state index >= 15 is 0 Å². The van der Waals surface area contributed by atoms with Crippen molar-refractivity contribution in [2.24, 2.45) is 5.73 Å². The van der Waals surface area contributed by atoms with Crippen LogP contribution in [0.3, 0.4) is 0 Å². The Hall–Kier alpha value is -2.64. The Bertz CT molecular complexity index is 651. The zero-order valence-corrected chi connectivity index (χ0v) is 13.2. The molecule has 4 N–H and O–H groups in total. The predicted molar refractivity (Wildman–Crippen MR) is 92.1 cm³/mol. The van der Waals surface area contributed by atoms with Gasteiger partial charge >= 0.3 is 0 Å². The number of nitrogens with one attached hydrogen (secondary N) is 1. The second-order valence-electron chi connectivity index (χ2n) is 5.38. The third kappa shape index (κ3) is 5.53. The van der Waals surface area contributed by atoms with Crippen molar-refractivity contribution in [2.75, 3.05) is 18.5 Å². The van der Waals surface area contributed by atoms with Gasteiger partial charge < -0.3 is 20.9 Å². The number of aliphatic hydroxyl groups is 1. The van der Waals surface area contributed by atoms with Crippen LogP contribution in [0.4, 0.5) is 11.4 Å². The van der Waals surface area contributed by atoms with Crippen molar-refractivity contribution >= 4 is 11.4 Å². The number of aliphatic hydroxyl groups excluding tert-OH is 1. The lowest BCUT2D eigenvalue weighted by Gasteiger charge is -2.19. The maximum absolute atomic E-state index is 10.7. The molecule has 0 spiro atoms. The summed E-state index contributed by atoms with van der Waals surface area (Å²) in [6.07, 6.45) is -0.292. The Morgan fingerprint density at radius 1 is 1.21 bits per heavy atom. The minimum Gasteiger partial charge on any atom is -0.491 e. The summed E-state index contributed by atoms with van der Waals surface area (Å²) < 4.78 is 5.47. The maximum Gasteiger partial charge on any atom is 0.271 e. The van der Waals surface area contributed by atoms with Gasteiger partial charge in [-0.2, -0.15) is 0 Å². The number of nitrogens with two attached hydrogens (primary N) is 1. The van der Waals surface area contributed by atoms with Crippen molar-refractivity contribution in [2.45, 2.75) is 18.6 Å². The molecule has 2 rings (SSSR count). The summed E-state index contributed by atoms with van der Waals surface area (Å²) in [6.45, 7) is 0.604. The van der Waals surface area contributed by atoms with Gasteiger partial charge in [0, 0.05) is 30.4 Å². The Balaban J connectivity index is 1.73. The Morgan fingerprint density at radius 2 is 1.96 bits per heavy atom. The molecular formula is C17H21N3O4. The number of benzene rings is 2. The number of nitrogens with zero attached hydrogens (tertiary/aromatic N) is 1. The monoisotopic (exact) mass is 331 g/mol. The molecule has 2 atom stereocenters. The second-order valence-corrected chi connectivity index (χ2v) is 5.38. The molecule has 0 aliphatic heterocycles. The first-order valence-electron chi connectivity index (χ1n) is 7.66. The van der Waals surface area contributed by atoms with Crippen molar-refractivity contribution in [3.8, 4) is 5.75 Å². The van der Waals surface area contributed by atoms with E-state index in [1.165, 1.54) is 12.1 Å². The number of rotatable bonds is 9. The largest absolute Gasteiger partial charge is 0.491 e. The summed E-state index contributed by atoms with van der Waals surface area (Å²) in [6, 6.07) is 15.0. The second kappa shape index (κ2) is 8.85. The molecule has 0 aliphatic rings. The number of non-ortho nitro benzene ring substituents is 1.